The predicted molar refractivity (Wildman–Crippen MR) is 100 cm³/mol. The molecular formula is C20H23N3O4. The summed E-state index contributed by atoms with van der Waals surface area (Å²) in [4.78, 5) is 26.0. The number of rotatable bonds is 6. The maximum absolute atomic E-state index is 12.5. The highest BCUT2D eigenvalue weighted by Crippen LogP contribution is 2.18. The fourth-order valence-electron chi connectivity index (χ4n) is 3.04. The van der Waals surface area contributed by atoms with Gasteiger partial charge in [0.2, 0.25) is 0 Å². The molecule has 0 atom stereocenters. The molecule has 0 N–H and O–H groups in total. The monoisotopic (exact) mass is 369 g/mol. The molecule has 1 aliphatic rings. The Kier molecular flexibility index (Phi) is 5.71. The van der Waals surface area contributed by atoms with Crippen molar-refractivity contribution in [2.75, 3.05) is 27.2 Å². The van der Waals surface area contributed by atoms with Crippen molar-refractivity contribution in [3.8, 4) is 0 Å². The number of furan rings is 1. The molecule has 0 aliphatic carbocycles. The van der Waals surface area contributed by atoms with E-state index in [1.807, 2.05) is 42.3 Å². The van der Waals surface area contributed by atoms with Crippen LogP contribution in [0.1, 0.15) is 33.9 Å². The van der Waals surface area contributed by atoms with E-state index in [-0.39, 0.29) is 12.5 Å². The van der Waals surface area contributed by atoms with Gasteiger partial charge in [-0.1, -0.05) is 30.3 Å². The number of hydrogen-bond acceptors (Lipinski definition) is 6. The molecule has 0 saturated carbocycles. The number of likely N-dealkylation sites (N-methyl/N-ethyl adjacent to an activating group) is 1. The van der Waals surface area contributed by atoms with E-state index in [2.05, 4.69) is 5.10 Å². The molecule has 0 saturated heterocycles. The van der Waals surface area contributed by atoms with E-state index in [1.165, 1.54) is 12.1 Å². The van der Waals surface area contributed by atoms with Crippen molar-refractivity contribution in [2.24, 2.45) is 5.10 Å². The highest BCUT2D eigenvalue weighted by Gasteiger charge is 2.23. The van der Waals surface area contributed by atoms with Crippen LogP contribution in [0.2, 0.25) is 0 Å². The van der Waals surface area contributed by atoms with E-state index < -0.39 is 5.97 Å². The number of hydrazone groups is 1. The lowest BCUT2D eigenvalue weighted by Crippen LogP contribution is -2.34. The fourth-order valence-corrected chi connectivity index (χ4v) is 3.04. The first kappa shape index (κ1) is 18.8. The average molecular weight is 369 g/mol. The summed E-state index contributed by atoms with van der Waals surface area (Å²) < 4.78 is 10.3. The lowest BCUT2D eigenvalue weighted by molar-refractivity contribution is -0.131. The SMILES string of the molecule is COC(=O)c1cc(CN(C)CC(=O)N2CCC(c3ccccc3)=N2)oc1C. The Bertz CT molecular complexity index is 857. The second kappa shape index (κ2) is 8.18. The van der Waals surface area contributed by atoms with Crippen molar-refractivity contribution in [1.29, 1.82) is 0 Å². The zero-order chi connectivity index (χ0) is 19.4. The zero-order valence-electron chi connectivity index (χ0n) is 15.8. The van der Waals surface area contributed by atoms with Gasteiger partial charge in [-0.25, -0.2) is 9.80 Å². The Balaban J connectivity index is 1.58. The van der Waals surface area contributed by atoms with Gasteiger partial charge in [-0.3, -0.25) is 9.69 Å². The molecule has 0 spiro atoms. The number of amides is 1. The van der Waals surface area contributed by atoms with Crippen molar-refractivity contribution in [3.05, 3.63) is 59.0 Å². The summed E-state index contributed by atoms with van der Waals surface area (Å²) >= 11 is 0. The van der Waals surface area contributed by atoms with Crippen molar-refractivity contribution in [2.45, 2.75) is 19.9 Å². The van der Waals surface area contributed by atoms with Crippen molar-refractivity contribution >= 4 is 17.6 Å². The molecule has 0 fully saturated rings. The summed E-state index contributed by atoms with van der Waals surface area (Å²) in [6.45, 7) is 2.92. The number of esters is 1. The molecule has 2 aromatic rings. The quantitative estimate of drug-likeness (QED) is 0.731. The van der Waals surface area contributed by atoms with Gasteiger partial charge >= 0.3 is 5.97 Å². The minimum Gasteiger partial charge on any atom is -0.465 e. The van der Waals surface area contributed by atoms with Gasteiger partial charge < -0.3 is 9.15 Å². The predicted octanol–water partition coefficient (Wildman–Crippen LogP) is 2.44. The Labute approximate surface area is 158 Å². The molecule has 0 bridgehead atoms. The summed E-state index contributed by atoms with van der Waals surface area (Å²) in [5, 5.41) is 5.98. The van der Waals surface area contributed by atoms with E-state index in [0.29, 0.717) is 30.2 Å². The first-order valence-electron chi connectivity index (χ1n) is 8.77. The van der Waals surface area contributed by atoms with Crippen LogP contribution in [0.15, 0.2) is 45.9 Å². The van der Waals surface area contributed by atoms with E-state index in [4.69, 9.17) is 9.15 Å². The molecule has 142 valence electrons. The van der Waals surface area contributed by atoms with Gasteiger partial charge in [0.1, 0.15) is 17.1 Å². The van der Waals surface area contributed by atoms with Crippen molar-refractivity contribution in [3.63, 3.8) is 0 Å². The van der Waals surface area contributed by atoms with Gasteiger partial charge in [0.15, 0.2) is 0 Å². The van der Waals surface area contributed by atoms with Crippen LogP contribution in [0.5, 0.6) is 0 Å². The molecule has 1 amide bonds. The number of methoxy groups -OCH3 is 1. The van der Waals surface area contributed by atoms with Crippen LogP contribution in [-0.2, 0) is 16.1 Å². The summed E-state index contributed by atoms with van der Waals surface area (Å²) in [7, 11) is 3.16. The van der Waals surface area contributed by atoms with Gasteiger partial charge in [-0.05, 0) is 25.6 Å². The van der Waals surface area contributed by atoms with Crippen molar-refractivity contribution in [1.82, 2.24) is 9.91 Å². The van der Waals surface area contributed by atoms with E-state index >= 15 is 0 Å². The lowest BCUT2D eigenvalue weighted by Gasteiger charge is -2.18. The number of hydrogen-bond donors (Lipinski definition) is 0. The van der Waals surface area contributed by atoms with E-state index in [1.54, 1.807) is 13.0 Å². The Morgan fingerprint density at radius 2 is 2.04 bits per heavy atom. The van der Waals surface area contributed by atoms with Crippen LogP contribution in [0.3, 0.4) is 0 Å². The summed E-state index contributed by atoms with van der Waals surface area (Å²) in [5.74, 6) is 0.618. The largest absolute Gasteiger partial charge is 0.465 e. The molecule has 27 heavy (non-hydrogen) atoms. The van der Waals surface area contributed by atoms with Crippen LogP contribution >= 0.6 is 0 Å². The number of carbonyl (C=O) groups is 2. The molecule has 0 unspecified atom stereocenters. The molecule has 7 nitrogen and oxygen atoms in total. The molecule has 3 rings (SSSR count). The third-order valence-corrected chi connectivity index (χ3v) is 4.40. The number of aryl methyl sites for hydroxylation is 1. The van der Waals surface area contributed by atoms with Gasteiger partial charge in [-0.2, -0.15) is 5.10 Å². The van der Waals surface area contributed by atoms with Crippen LogP contribution in [0.4, 0.5) is 0 Å². The number of carbonyl (C=O) groups excluding carboxylic acids is 2. The van der Waals surface area contributed by atoms with Crippen LogP contribution in [0, 0.1) is 6.92 Å². The standard InChI is InChI=1S/C20H23N3O4/c1-14-17(20(25)26-3)11-16(27-14)12-22(2)13-19(24)23-10-9-18(21-23)15-7-5-4-6-8-15/h4-8,11H,9-10,12-13H2,1-3H3. The molecule has 1 aromatic heterocycles. The Morgan fingerprint density at radius 3 is 2.74 bits per heavy atom. The maximum atomic E-state index is 12.5. The first-order valence-corrected chi connectivity index (χ1v) is 8.77. The van der Waals surface area contributed by atoms with E-state index in [9.17, 15) is 9.59 Å². The van der Waals surface area contributed by atoms with Crippen LogP contribution in [-0.4, -0.2) is 54.7 Å². The Morgan fingerprint density at radius 1 is 1.30 bits per heavy atom. The van der Waals surface area contributed by atoms with Gasteiger partial charge in [0.05, 0.1) is 32.5 Å². The molecular weight excluding hydrogens is 346 g/mol. The van der Waals surface area contributed by atoms with Gasteiger partial charge in [-0.15, -0.1) is 0 Å². The van der Waals surface area contributed by atoms with Gasteiger partial charge in [0, 0.05) is 6.42 Å². The second-order valence-electron chi connectivity index (χ2n) is 6.53. The number of nitrogens with zero attached hydrogens (tertiary/aromatic N) is 3. The summed E-state index contributed by atoms with van der Waals surface area (Å²) in [6.07, 6.45) is 0.749. The highest BCUT2D eigenvalue weighted by molar-refractivity contribution is 6.02. The molecule has 1 aromatic carbocycles. The number of benzene rings is 1. The normalized spacial score (nSPS) is 13.8. The van der Waals surface area contributed by atoms with Crippen LogP contribution < -0.4 is 0 Å². The summed E-state index contributed by atoms with van der Waals surface area (Å²) in [5.41, 5.74) is 2.38. The molecule has 1 aliphatic heterocycles. The smallest absolute Gasteiger partial charge is 0.341 e. The third kappa shape index (κ3) is 4.43. The topological polar surface area (TPSA) is 75.3 Å². The third-order valence-electron chi connectivity index (χ3n) is 4.40. The van der Waals surface area contributed by atoms with E-state index in [0.717, 1.165) is 17.7 Å². The minimum atomic E-state index is -0.430. The maximum Gasteiger partial charge on any atom is 0.341 e. The average Bonchev–Trinajstić information content (AvgIpc) is 3.29. The molecule has 0 radical (unpaired) electrons. The fraction of sp³-hybridized carbons (Fsp3) is 0.350. The minimum absolute atomic E-state index is 0.0695. The molecule has 2 heterocycles. The zero-order valence-corrected chi connectivity index (χ0v) is 15.8. The molecule has 7 heteroatoms. The van der Waals surface area contributed by atoms with Gasteiger partial charge in [0.25, 0.3) is 5.91 Å². The van der Waals surface area contributed by atoms with Crippen molar-refractivity contribution < 1.29 is 18.7 Å². The Hall–Kier alpha value is -2.93. The summed E-state index contributed by atoms with van der Waals surface area (Å²) in [6, 6.07) is 11.5. The lowest BCUT2D eigenvalue weighted by atomic mass is 10.1. The number of ether oxygens (including phenoxy) is 1. The second-order valence-corrected chi connectivity index (χ2v) is 6.53. The van der Waals surface area contributed by atoms with Crippen LogP contribution in [0.25, 0.3) is 0 Å². The highest BCUT2D eigenvalue weighted by atomic mass is 16.5. The first-order chi connectivity index (χ1) is 13.0.